The number of pyridine rings is 1. The molecule has 0 saturated heterocycles. The second-order valence-electron chi connectivity index (χ2n) is 7.01. The molecule has 0 bridgehead atoms. The number of carbonyl (C=O) groups is 3. The van der Waals surface area contributed by atoms with Crippen molar-refractivity contribution < 1.29 is 34.4 Å². The quantitative estimate of drug-likeness (QED) is 0.439. The molecular formula is C23H20N2O8. The van der Waals surface area contributed by atoms with E-state index in [9.17, 15) is 24.3 Å². The van der Waals surface area contributed by atoms with Crippen LogP contribution < -0.4 is 10.9 Å². The molecule has 2 aromatic carbocycles. The molecule has 3 aromatic rings. The lowest BCUT2D eigenvalue weighted by atomic mass is 10.1. The number of aromatic nitrogens is 1. The van der Waals surface area contributed by atoms with E-state index < -0.39 is 34.8 Å². The summed E-state index contributed by atoms with van der Waals surface area (Å²) < 4.78 is 5.63. The summed E-state index contributed by atoms with van der Waals surface area (Å²) in [5.41, 5.74) is 1.12. The number of carboxylic acid groups (broad SMARTS) is 2. The number of anilines is 1. The van der Waals surface area contributed by atoms with Crippen molar-refractivity contribution >= 4 is 40.6 Å². The first-order valence-corrected chi connectivity index (χ1v) is 9.60. The number of aryl methyl sites for hydroxylation is 1. The van der Waals surface area contributed by atoms with Crippen LogP contribution in [0.2, 0.25) is 0 Å². The fourth-order valence-electron chi connectivity index (χ4n) is 3.30. The topological polar surface area (TPSA) is 155 Å². The van der Waals surface area contributed by atoms with Crippen LogP contribution in [-0.2, 0) is 11.8 Å². The van der Waals surface area contributed by atoms with Gasteiger partial charge in [-0.05, 0) is 35.9 Å². The zero-order chi connectivity index (χ0) is 24.3. The van der Waals surface area contributed by atoms with Crippen LogP contribution in [0.3, 0.4) is 0 Å². The predicted octanol–water partition coefficient (Wildman–Crippen LogP) is 2.55. The highest BCUT2D eigenvalue weighted by Crippen LogP contribution is 2.27. The summed E-state index contributed by atoms with van der Waals surface area (Å²) in [5, 5.41) is 30.9. The summed E-state index contributed by atoms with van der Waals surface area (Å²) >= 11 is 0. The van der Waals surface area contributed by atoms with Gasteiger partial charge in [0.25, 0.3) is 5.56 Å². The van der Waals surface area contributed by atoms with Crippen molar-refractivity contribution in [1.82, 2.24) is 4.57 Å². The van der Waals surface area contributed by atoms with Gasteiger partial charge in [-0.15, -0.1) is 0 Å². The van der Waals surface area contributed by atoms with E-state index in [-0.39, 0.29) is 16.5 Å². The largest absolute Gasteiger partial charge is 0.506 e. The molecule has 0 atom stereocenters. The predicted molar refractivity (Wildman–Crippen MR) is 120 cm³/mol. The van der Waals surface area contributed by atoms with Crippen LogP contribution in [0.15, 0.2) is 47.3 Å². The maximum Gasteiger partial charge on any atom is 0.345 e. The van der Waals surface area contributed by atoms with Crippen molar-refractivity contribution in [3.05, 3.63) is 75.1 Å². The SMILES string of the molecule is COC(=O)c1ccc2c(O)c(C(=O)O)c(=O)n(C)c2c1.O=C(O)c1ccc2c(c1)NCC=C2. The number of esters is 1. The Bertz CT molecular complexity index is 1370. The number of rotatable bonds is 3. The number of aromatic hydroxyl groups is 1. The Morgan fingerprint density at radius 3 is 2.36 bits per heavy atom. The van der Waals surface area contributed by atoms with Gasteiger partial charge < -0.3 is 29.9 Å². The Morgan fingerprint density at radius 1 is 1.03 bits per heavy atom. The molecule has 0 unspecified atom stereocenters. The lowest BCUT2D eigenvalue weighted by molar-refractivity contribution is 0.0599. The molecular weight excluding hydrogens is 432 g/mol. The molecule has 10 heteroatoms. The molecule has 1 aliphatic heterocycles. The number of methoxy groups -OCH3 is 1. The third kappa shape index (κ3) is 4.54. The number of hydrogen-bond acceptors (Lipinski definition) is 7. The van der Waals surface area contributed by atoms with Gasteiger partial charge in [-0.2, -0.15) is 0 Å². The molecule has 0 fully saturated rings. The lowest BCUT2D eigenvalue weighted by Gasteiger charge is -2.12. The molecule has 170 valence electrons. The molecule has 0 amide bonds. The number of carboxylic acids is 2. The molecule has 0 radical (unpaired) electrons. The fourth-order valence-corrected chi connectivity index (χ4v) is 3.30. The molecule has 4 rings (SSSR count). The highest BCUT2D eigenvalue weighted by Gasteiger charge is 2.21. The van der Waals surface area contributed by atoms with E-state index in [1.807, 2.05) is 12.2 Å². The summed E-state index contributed by atoms with van der Waals surface area (Å²) in [6.07, 6.45) is 3.99. The Hall–Kier alpha value is -4.60. The maximum absolute atomic E-state index is 11.9. The lowest BCUT2D eigenvalue weighted by Crippen LogP contribution is -2.24. The van der Waals surface area contributed by atoms with Gasteiger partial charge in [-0.25, -0.2) is 14.4 Å². The molecule has 0 spiro atoms. The first-order chi connectivity index (χ1) is 15.6. The van der Waals surface area contributed by atoms with E-state index in [0.29, 0.717) is 5.56 Å². The number of nitrogens with zero attached hydrogens (tertiary/aromatic N) is 1. The summed E-state index contributed by atoms with van der Waals surface area (Å²) in [7, 11) is 2.58. The van der Waals surface area contributed by atoms with Crippen LogP contribution in [0, 0.1) is 0 Å². The van der Waals surface area contributed by atoms with E-state index in [2.05, 4.69) is 10.1 Å². The molecule has 0 aliphatic carbocycles. The molecule has 10 nitrogen and oxygen atoms in total. The molecule has 33 heavy (non-hydrogen) atoms. The zero-order valence-electron chi connectivity index (χ0n) is 17.7. The Morgan fingerprint density at radius 2 is 1.73 bits per heavy atom. The smallest absolute Gasteiger partial charge is 0.345 e. The standard InChI is InChI=1S/C13H11NO6.C10H9NO2/c1-14-8-5-6(13(19)20-2)3-4-7(8)10(15)9(11(14)16)12(17)18;12-10(13)8-4-3-7-2-1-5-11-9(7)6-8/h3-5,15H,1-2H3,(H,17,18);1-4,6,11H,5H2,(H,12,13). The van der Waals surface area contributed by atoms with Crippen LogP contribution in [0.1, 0.15) is 36.6 Å². The third-order valence-electron chi connectivity index (χ3n) is 5.01. The van der Waals surface area contributed by atoms with Gasteiger partial charge in [0.2, 0.25) is 0 Å². The van der Waals surface area contributed by atoms with Gasteiger partial charge in [-0.1, -0.05) is 18.2 Å². The zero-order valence-corrected chi connectivity index (χ0v) is 17.7. The average Bonchev–Trinajstić information content (AvgIpc) is 2.81. The maximum atomic E-state index is 11.9. The summed E-state index contributed by atoms with van der Waals surface area (Å²) in [5.74, 6) is -3.62. The van der Waals surface area contributed by atoms with E-state index in [1.165, 1.54) is 32.4 Å². The minimum absolute atomic E-state index is 0.164. The second kappa shape index (κ2) is 9.27. The number of benzene rings is 2. The van der Waals surface area contributed by atoms with Crippen LogP contribution in [0.4, 0.5) is 5.69 Å². The van der Waals surface area contributed by atoms with Crippen molar-refractivity contribution in [2.24, 2.45) is 7.05 Å². The molecule has 0 saturated carbocycles. The van der Waals surface area contributed by atoms with Crippen LogP contribution in [0.25, 0.3) is 17.0 Å². The van der Waals surface area contributed by atoms with Crippen LogP contribution in [0.5, 0.6) is 5.75 Å². The number of hydrogen-bond donors (Lipinski definition) is 4. The summed E-state index contributed by atoms with van der Waals surface area (Å²) in [6, 6.07) is 9.17. The van der Waals surface area contributed by atoms with Gasteiger partial charge in [0.05, 0.1) is 23.8 Å². The first kappa shape index (κ1) is 23.1. The van der Waals surface area contributed by atoms with Gasteiger partial charge in [0.1, 0.15) is 5.75 Å². The monoisotopic (exact) mass is 452 g/mol. The normalized spacial score (nSPS) is 11.6. The average molecular weight is 452 g/mol. The minimum Gasteiger partial charge on any atom is -0.506 e. The number of carbonyl (C=O) groups excluding carboxylic acids is 1. The Labute approximate surface area is 187 Å². The van der Waals surface area contributed by atoms with Crippen molar-refractivity contribution in [2.45, 2.75) is 0 Å². The van der Waals surface area contributed by atoms with Gasteiger partial charge in [0.15, 0.2) is 5.56 Å². The number of nitrogens with one attached hydrogen (secondary N) is 1. The Kier molecular flexibility index (Phi) is 6.48. The number of aromatic carboxylic acids is 2. The molecule has 4 N–H and O–H groups in total. The van der Waals surface area contributed by atoms with E-state index in [4.69, 9.17) is 10.2 Å². The van der Waals surface area contributed by atoms with Crippen molar-refractivity contribution in [2.75, 3.05) is 19.0 Å². The minimum atomic E-state index is -1.51. The highest BCUT2D eigenvalue weighted by molar-refractivity contribution is 6.01. The van der Waals surface area contributed by atoms with Crippen molar-refractivity contribution in [3.8, 4) is 5.75 Å². The summed E-state index contributed by atoms with van der Waals surface area (Å²) in [6.45, 7) is 0.760. The van der Waals surface area contributed by atoms with E-state index >= 15 is 0 Å². The molecule has 1 aromatic heterocycles. The number of ether oxygens (including phenoxy) is 1. The van der Waals surface area contributed by atoms with Crippen LogP contribution >= 0.6 is 0 Å². The van der Waals surface area contributed by atoms with Crippen LogP contribution in [-0.4, -0.2) is 51.4 Å². The first-order valence-electron chi connectivity index (χ1n) is 9.60. The second-order valence-corrected chi connectivity index (χ2v) is 7.01. The van der Waals surface area contributed by atoms with Gasteiger partial charge in [-0.3, -0.25) is 4.79 Å². The fraction of sp³-hybridized carbons (Fsp3) is 0.130. The molecule has 2 heterocycles. The van der Waals surface area contributed by atoms with Gasteiger partial charge >= 0.3 is 17.9 Å². The third-order valence-corrected chi connectivity index (χ3v) is 5.01. The van der Waals surface area contributed by atoms with E-state index in [1.54, 1.807) is 18.2 Å². The summed E-state index contributed by atoms with van der Waals surface area (Å²) in [4.78, 5) is 45.0. The van der Waals surface area contributed by atoms with Crippen molar-refractivity contribution in [1.29, 1.82) is 0 Å². The van der Waals surface area contributed by atoms with Crippen molar-refractivity contribution in [3.63, 3.8) is 0 Å². The van der Waals surface area contributed by atoms with Gasteiger partial charge in [0, 0.05) is 24.7 Å². The van der Waals surface area contributed by atoms with E-state index in [0.717, 1.165) is 22.4 Å². The molecule has 1 aliphatic rings. The number of fused-ring (bicyclic) bond motifs is 2. The highest BCUT2D eigenvalue weighted by atomic mass is 16.5. The Balaban J connectivity index is 0.000000203.